The highest BCUT2D eigenvalue weighted by atomic mass is 16.5. The molecule has 0 bridgehead atoms. The molecule has 0 aliphatic carbocycles. The number of aromatic hydroxyl groups is 1. The van der Waals surface area contributed by atoms with Crippen LogP contribution in [0.1, 0.15) is 22.9 Å². The summed E-state index contributed by atoms with van der Waals surface area (Å²) in [5, 5.41) is 21.2. The molecule has 2 N–H and O–H groups in total. The maximum absolute atomic E-state index is 13.1. The third-order valence-corrected chi connectivity index (χ3v) is 5.46. The highest BCUT2D eigenvalue weighted by Gasteiger charge is 2.46. The molecule has 1 amide bonds. The molecule has 3 aromatic rings. The van der Waals surface area contributed by atoms with Crippen molar-refractivity contribution in [2.45, 2.75) is 12.6 Å². The molecule has 1 fully saturated rings. The number of likely N-dealkylation sites (tertiary alicyclic amines) is 1. The summed E-state index contributed by atoms with van der Waals surface area (Å²) in [5.41, 5.74) is 0.745. The van der Waals surface area contributed by atoms with Crippen LogP contribution in [-0.4, -0.2) is 40.5 Å². The summed E-state index contributed by atoms with van der Waals surface area (Å²) in [6, 6.07) is 13.4. The second-order valence-corrected chi connectivity index (χ2v) is 7.56. The molecule has 174 valence electrons. The van der Waals surface area contributed by atoms with Crippen LogP contribution in [0, 0.1) is 0 Å². The molecular weight excluding hydrogens is 438 g/mol. The van der Waals surface area contributed by atoms with Gasteiger partial charge in [0, 0.05) is 5.56 Å². The normalized spacial score (nSPS) is 17.1. The summed E-state index contributed by atoms with van der Waals surface area (Å²) in [6.45, 7) is 3.94. The van der Waals surface area contributed by atoms with Crippen molar-refractivity contribution in [3.05, 3.63) is 96.0 Å². The summed E-state index contributed by atoms with van der Waals surface area (Å²) >= 11 is 0. The molecule has 1 saturated heterocycles. The molecule has 2 aromatic carbocycles. The smallest absolute Gasteiger partial charge is 0.296 e. The SMILES string of the molecule is C=CCOc1ccc(C(O)=C2C(=O)C(=O)N(Cc3ccco3)[C@H]2c2ccc(O)c(OC)c2)cc1. The molecule has 0 spiro atoms. The van der Waals surface area contributed by atoms with Gasteiger partial charge in [0.1, 0.15) is 23.9 Å². The first-order valence-corrected chi connectivity index (χ1v) is 10.5. The molecule has 0 radical (unpaired) electrons. The Kier molecular flexibility index (Phi) is 6.40. The summed E-state index contributed by atoms with van der Waals surface area (Å²) in [6.07, 6.45) is 3.08. The molecule has 4 rings (SSSR count). The molecule has 0 saturated carbocycles. The topological polar surface area (TPSA) is 109 Å². The molecule has 1 atom stereocenters. The zero-order valence-electron chi connectivity index (χ0n) is 18.4. The van der Waals surface area contributed by atoms with E-state index in [1.807, 2.05) is 0 Å². The van der Waals surface area contributed by atoms with Crippen molar-refractivity contribution >= 4 is 17.4 Å². The Labute approximate surface area is 196 Å². The van der Waals surface area contributed by atoms with E-state index in [0.717, 1.165) is 0 Å². The van der Waals surface area contributed by atoms with Gasteiger partial charge in [-0.25, -0.2) is 0 Å². The van der Waals surface area contributed by atoms with Gasteiger partial charge in [-0.05, 0) is 54.1 Å². The van der Waals surface area contributed by atoms with E-state index in [2.05, 4.69) is 6.58 Å². The highest BCUT2D eigenvalue weighted by molar-refractivity contribution is 6.46. The first kappa shape index (κ1) is 22.7. The van der Waals surface area contributed by atoms with Gasteiger partial charge < -0.3 is 29.0 Å². The van der Waals surface area contributed by atoms with Crippen LogP contribution in [0.15, 0.2) is 83.5 Å². The molecular formula is C26H23NO7. The number of hydrogen-bond acceptors (Lipinski definition) is 7. The van der Waals surface area contributed by atoms with E-state index < -0.39 is 17.7 Å². The predicted molar refractivity (Wildman–Crippen MR) is 123 cm³/mol. The quantitative estimate of drug-likeness (QED) is 0.224. The number of carbonyl (C=O) groups is 2. The number of ether oxygens (including phenoxy) is 2. The number of ketones is 1. The van der Waals surface area contributed by atoms with E-state index in [1.165, 1.54) is 30.4 Å². The van der Waals surface area contributed by atoms with Gasteiger partial charge in [0.05, 0.1) is 31.5 Å². The molecule has 2 heterocycles. The Balaban J connectivity index is 1.82. The van der Waals surface area contributed by atoms with Gasteiger partial charge in [-0.2, -0.15) is 0 Å². The number of rotatable bonds is 8. The van der Waals surface area contributed by atoms with Crippen molar-refractivity contribution < 1.29 is 33.7 Å². The van der Waals surface area contributed by atoms with E-state index in [-0.39, 0.29) is 29.4 Å². The third-order valence-electron chi connectivity index (χ3n) is 5.46. The molecule has 8 nitrogen and oxygen atoms in total. The number of Topliss-reactive ketones (excluding diaryl/α,β-unsaturated/α-hetero) is 1. The Morgan fingerprint density at radius 2 is 1.94 bits per heavy atom. The van der Waals surface area contributed by atoms with E-state index >= 15 is 0 Å². The maximum atomic E-state index is 13.1. The average Bonchev–Trinajstić information content (AvgIpc) is 3.45. The second-order valence-electron chi connectivity index (χ2n) is 7.56. The van der Waals surface area contributed by atoms with Crippen LogP contribution >= 0.6 is 0 Å². The number of aliphatic hydroxyl groups excluding tert-OH is 1. The zero-order valence-corrected chi connectivity index (χ0v) is 18.4. The van der Waals surface area contributed by atoms with Crippen molar-refractivity contribution in [2.75, 3.05) is 13.7 Å². The lowest BCUT2D eigenvalue weighted by molar-refractivity contribution is -0.140. The fourth-order valence-corrected chi connectivity index (χ4v) is 3.84. The zero-order chi connectivity index (χ0) is 24.2. The second kappa shape index (κ2) is 9.58. The number of phenolic OH excluding ortho intramolecular Hbond substituents is 1. The Morgan fingerprint density at radius 1 is 1.18 bits per heavy atom. The number of benzene rings is 2. The van der Waals surface area contributed by atoms with Crippen LogP contribution < -0.4 is 9.47 Å². The maximum Gasteiger partial charge on any atom is 0.296 e. The largest absolute Gasteiger partial charge is 0.507 e. The molecule has 1 aromatic heterocycles. The summed E-state index contributed by atoms with van der Waals surface area (Å²) in [4.78, 5) is 27.5. The van der Waals surface area contributed by atoms with Crippen molar-refractivity contribution in [1.82, 2.24) is 4.90 Å². The van der Waals surface area contributed by atoms with Crippen LogP contribution in [0.25, 0.3) is 5.76 Å². The minimum Gasteiger partial charge on any atom is -0.507 e. The van der Waals surface area contributed by atoms with Gasteiger partial charge in [-0.15, -0.1) is 0 Å². The van der Waals surface area contributed by atoms with Crippen LogP contribution in [0.4, 0.5) is 0 Å². The molecule has 8 heteroatoms. The number of aliphatic hydroxyl groups is 1. The lowest BCUT2D eigenvalue weighted by atomic mass is 9.95. The number of hydrogen-bond donors (Lipinski definition) is 2. The number of nitrogens with zero attached hydrogens (tertiary/aromatic N) is 1. The Hall–Kier alpha value is -4.46. The summed E-state index contributed by atoms with van der Waals surface area (Å²) in [5.74, 6) is -0.813. The summed E-state index contributed by atoms with van der Waals surface area (Å²) < 4.78 is 16.1. The van der Waals surface area contributed by atoms with Crippen LogP contribution in [0.2, 0.25) is 0 Å². The van der Waals surface area contributed by atoms with Gasteiger partial charge in [0.25, 0.3) is 11.7 Å². The van der Waals surface area contributed by atoms with Crippen molar-refractivity contribution in [1.29, 1.82) is 0 Å². The van der Waals surface area contributed by atoms with E-state index in [0.29, 0.717) is 29.2 Å². The number of methoxy groups -OCH3 is 1. The van der Waals surface area contributed by atoms with Gasteiger partial charge in [-0.1, -0.05) is 18.7 Å². The van der Waals surface area contributed by atoms with Gasteiger partial charge in [0.2, 0.25) is 0 Å². The monoisotopic (exact) mass is 461 g/mol. The van der Waals surface area contributed by atoms with Crippen molar-refractivity contribution in [3.63, 3.8) is 0 Å². The Morgan fingerprint density at radius 3 is 2.59 bits per heavy atom. The minimum atomic E-state index is -0.934. The van der Waals surface area contributed by atoms with E-state index in [4.69, 9.17) is 13.9 Å². The summed E-state index contributed by atoms with van der Waals surface area (Å²) in [7, 11) is 1.40. The lowest BCUT2D eigenvalue weighted by Crippen LogP contribution is -2.29. The first-order valence-electron chi connectivity index (χ1n) is 10.5. The highest BCUT2D eigenvalue weighted by Crippen LogP contribution is 2.42. The number of phenols is 1. The van der Waals surface area contributed by atoms with Crippen LogP contribution in [0.5, 0.6) is 17.2 Å². The average molecular weight is 461 g/mol. The standard InChI is InChI=1S/C26H23NO7/c1-3-12-33-18-9-6-16(7-10-18)24(29)22-23(17-8-11-20(28)21(14-17)32-2)27(26(31)25(22)30)15-19-5-4-13-34-19/h3-11,13-14,23,28-29H,1,12,15H2,2H3/t23-/m0/s1. The molecule has 34 heavy (non-hydrogen) atoms. The lowest BCUT2D eigenvalue weighted by Gasteiger charge is -2.25. The van der Waals surface area contributed by atoms with Crippen molar-refractivity contribution in [2.24, 2.45) is 0 Å². The minimum absolute atomic E-state index is 0.0105. The molecule has 0 unspecified atom stereocenters. The predicted octanol–water partition coefficient (Wildman–Crippen LogP) is 4.18. The van der Waals surface area contributed by atoms with E-state index in [1.54, 1.807) is 48.5 Å². The van der Waals surface area contributed by atoms with Gasteiger partial charge >= 0.3 is 0 Å². The van der Waals surface area contributed by atoms with Gasteiger partial charge in [-0.3, -0.25) is 9.59 Å². The van der Waals surface area contributed by atoms with E-state index in [9.17, 15) is 19.8 Å². The fourth-order valence-electron chi connectivity index (χ4n) is 3.84. The molecule has 1 aliphatic heterocycles. The number of furan rings is 1. The fraction of sp³-hybridized carbons (Fsp3) is 0.154. The van der Waals surface area contributed by atoms with Gasteiger partial charge in [0.15, 0.2) is 11.5 Å². The number of carbonyl (C=O) groups excluding carboxylic acids is 2. The van der Waals surface area contributed by atoms with Crippen LogP contribution in [-0.2, 0) is 16.1 Å². The van der Waals surface area contributed by atoms with Crippen LogP contribution in [0.3, 0.4) is 0 Å². The Bertz CT molecular complexity index is 1240. The molecule has 1 aliphatic rings. The van der Waals surface area contributed by atoms with Crippen molar-refractivity contribution in [3.8, 4) is 17.2 Å². The first-order chi connectivity index (χ1) is 16.4. The third kappa shape index (κ3) is 4.25. The number of amides is 1.